The zero-order valence-electron chi connectivity index (χ0n) is 24.6. The van der Waals surface area contributed by atoms with Crippen LogP contribution in [-0.4, -0.2) is 85.6 Å². The van der Waals surface area contributed by atoms with Crippen molar-refractivity contribution in [1.82, 2.24) is 10.6 Å². The van der Waals surface area contributed by atoms with Gasteiger partial charge in [-0.3, -0.25) is 33.6 Å². The zero-order chi connectivity index (χ0) is 33.3. The predicted molar refractivity (Wildman–Crippen MR) is 148 cm³/mol. The summed E-state index contributed by atoms with van der Waals surface area (Å²) in [6.07, 6.45) is -2.03. The number of nitrogens with one attached hydrogen (secondary N) is 2. The Morgan fingerprint density at radius 2 is 1.00 bits per heavy atom. The lowest BCUT2D eigenvalue weighted by Crippen LogP contribution is -2.41. The van der Waals surface area contributed by atoms with Gasteiger partial charge in [-0.2, -0.15) is 0 Å². The number of carbonyl (C=O) groups is 9. The van der Waals surface area contributed by atoms with Crippen LogP contribution in [-0.2, 0) is 43.2 Å². The van der Waals surface area contributed by atoms with E-state index in [4.69, 9.17) is 15.3 Å². The molecule has 2 amide bonds. The molecular weight excluding hydrogens is 572 g/mol. The van der Waals surface area contributed by atoms with Crippen molar-refractivity contribution >= 4 is 53.0 Å². The molecule has 0 aliphatic rings. The molecule has 0 saturated carbocycles. The molecule has 0 fully saturated rings. The number of ketones is 3. The number of carbonyl (C=O) groups excluding carboxylic acids is 5. The molecule has 43 heavy (non-hydrogen) atoms. The molecule has 0 radical (unpaired) electrons. The minimum absolute atomic E-state index is 0.0602. The van der Waals surface area contributed by atoms with Gasteiger partial charge in [0.15, 0.2) is 0 Å². The Morgan fingerprint density at radius 3 is 1.35 bits per heavy atom. The van der Waals surface area contributed by atoms with Crippen LogP contribution in [0.1, 0.15) is 91.4 Å². The summed E-state index contributed by atoms with van der Waals surface area (Å²) in [6, 6.07) is -2.80. The highest BCUT2D eigenvalue weighted by Crippen LogP contribution is 2.22. The van der Waals surface area contributed by atoms with Gasteiger partial charge >= 0.3 is 23.9 Å². The number of hydrogen-bond acceptors (Lipinski definition) is 9. The summed E-state index contributed by atoms with van der Waals surface area (Å²) in [6.45, 7) is 4.48. The third kappa shape index (κ3) is 16.8. The van der Waals surface area contributed by atoms with Crippen molar-refractivity contribution in [1.29, 1.82) is 0 Å². The van der Waals surface area contributed by atoms with Crippen LogP contribution in [0.2, 0.25) is 0 Å². The molecule has 0 bridgehead atoms. The molecule has 242 valence electrons. The maximum atomic E-state index is 12.8. The number of rotatable bonds is 24. The fourth-order valence-corrected chi connectivity index (χ4v) is 4.26. The lowest BCUT2D eigenvalue weighted by molar-refractivity contribution is -0.144. The summed E-state index contributed by atoms with van der Waals surface area (Å²) in [7, 11) is 0. The predicted octanol–water partition coefficient (Wildman–Crippen LogP) is 1.20. The SMILES string of the molecule is CCC(CCC(=O)NC(CCC(=O)O)C(=O)O)C(=O)CC(C)C(=O)CC(CCC(=O)NC(CCC(=O)O)C(=O)O)C(C)=O. The van der Waals surface area contributed by atoms with Crippen molar-refractivity contribution in [3.8, 4) is 0 Å². The highest BCUT2D eigenvalue weighted by Gasteiger charge is 2.28. The average Bonchev–Trinajstić information content (AvgIpc) is 2.90. The molecule has 15 heteroatoms. The molecule has 0 aromatic carbocycles. The van der Waals surface area contributed by atoms with Gasteiger partial charge in [0.1, 0.15) is 29.4 Å². The number of amides is 2. The largest absolute Gasteiger partial charge is 0.481 e. The maximum Gasteiger partial charge on any atom is 0.326 e. The molecule has 5 atom stereocenters. The second-order valence-corrected chi connectivity index (χ2v) is 10.5. The fraction of sp³-hybridized carbons (Fsp3) is 0.679. The van der Waals surface area contributed by atoms with E-state index >= 15 is 0 Å². The normalized spacial score (nSPS) is 14.3. The van der Waals surface area contributed by atoms with Crippen molar-refractivity contribution in [3.63, 3.8) is 0 Å². The Hall–Kier alpha value is -4.17. The first-order valence-electron chi connectivity index (χ1n) is 14.0. The standard InChI is InChI=1S/C28H42N2O13/c1-4-17(5-9-23(34)29-19(27(40)41)7-11-25(36)37)22(33)13-15(2)21(32)14-18(16(3)31)6-10-24(35)30-20(28(42)43)8-12-26(38)39/h15,17-20H,4-14H2,1-3H3,(H,29,34)(H,30,35)(H,36,37)(H,38,39)(H,40,41)(H,42,43). The van der Waals surface area contributed by atoms with Crippen LogP contribution in [0.3, 0.4) is 0 Å². The Labute approximate surface area is 248 Å². The third-order valence-corrected chi connectivity index (χ3v) is 7.03. The van der Waals surface area contributed by atoms with Gasteiger partial charge in [-0.1, -0.05) is 13.8 Å². The van der Waals surface area contributed by atoms with Gasteiger partial charge < -0.3 is 31.1 Å². The quantitative estimate of drug-likeness (QED) is 0.0894. The van der Waals surface area contributed by atoms with Crippen LogP contribution in [0.5, 0.6) is 0 Å². The maximum absolute atomic E-state index is 12.8. The number of hydrogen-bond donors (Lipinski definition) is 6. The lowest BCUT2D eigenvalue weighted by Gasteiger charge is -2.19. The Balaban J connectivity index is 4.95. The molecule has 0 rings (SSSR count). The smallest absolute Gasteiger partial charge is 0.326 e. The first kappa shape index (κ1) is 38.8. The number of carboxylic acids is 4. The van der Waals surface area contributed by atoms with Crippen molar-refractivity contribution in [2.45, 2.75) is 103 Å². The van der Waals surface area contributed by atoms with Crippen molar-refractivity contribution in [2.75, 3.05) is 0 Å². The van der Waals surface area contributed by atoms with Gasteiger partial charge in [-0.25, -0.2) is 9.59 Å². The van der Waals surface area contributed by atoms with E-state index in [-0.39, 0.29) is 62.9 Å². The molecule has 0 aliphatic carbocycles. The summed E-state index contributed by atoms with van der Waals surface area (Å²) in [5.41, 5.74) is 0. The first-order chi connectivity index (χ1) is 20.0. The molecule has 15 nitrogen and oxygen atoms in total. The van der Waals surface area contributed by atoms with Crippen LogP contribution < -0.4 is 10.6 Å². The molecule has 0 aromatic heterocycles. The molecule has 0 heterocycles. The monoisotopic (exact) mass is 614 g/mol. The Kier molecular flexibility index (Phi) is 17.9. The second kappa shape index (κ2) is 19.9. The average molecular weight is 615 g/mol. The van der Waals surface area contributed by atoms with E-state index in [9.17, 15) is 48.3 Å². The van der Waals surface area contributed by atoms with E-state index in [1.54, 1.807) is 6.92 Å². The van der Waals surface area contributed by atoms with Crippen molar-refractivity contribution in [2.24, 2.45) is 17.8 Å². The van der Waals surface area contributed by atoms with Crippen LogP contribution in [0.25, 0.3) is 0 Å². The van der Waals surface area contributed by atoms with Gasteiger partial charge in [0.05, 0.1) is 0 Å². The van der Waals surface area contributed by atoms with Crippen LogP contribution in [0, 0.1) is 17.8 Å². The molecule has 0 aromatic rings. The van der Waals surface area contributed by atoms with Crippen LogP contribution >= 0.6 is 0 Å². The van der Waals surface area contributed by atoms with E-state index < -0.39 is 84.2 Å². The summed E-state index contributed by atoms with van der Waals surface area (Å²) >= 11 is 0. The summed E-state index contributed by atoms with van der Waals surface area (Å²) in [4.78, 5) is 106. The number of aliphatic carboxylic acids is 4. The molecule has 0 spiro atoms. The van der Waals surface area contributed by atoms with Gasteiger partial charge in [-0.15, -0.1) is 0 Å². The van der Waals surface area contributed by atoms with Gasteiger partial charge in [0.25, 0.3) is 0 Å². The lowest BCUT2D eigenvalue weighted by atomic mass is 9.84. The molecule has 0 aliphatic heterocycles. The van der Waals surface area contributed by atoms with E-state index in [2.05, 4.69) is 10.6 Å². The van der Waals surface area contributed by atoms with E-state index in [1.165, 1.54) is 13.8 Å². The van der Waals surface area contributed by atoms with Gasteiger partial charge in [0.2, 0.25) is 11.8 Å². The van der Waals surface area contributed by atoms with Crippen molar-refractivity contribution < 1.29 is 63.6 Å². The topological polar surface area (TPSA) is 259 Å². The Morgan fingerprint density at radius 1 is 0.581 bits per heavy atom. The molecular formula is C28H42N2O13. The minimum Gasteiger partial charge on any atom is -0.481 e. The molecule has 6 N–H and O–H groups in total. The fourth-order valence-electron chi connectivity index (χ4n) is 4.26. The van der Waals surface area contributed by atoms with Crippen molar-refractivity contribution in [3.05, 3.63) is 0 Å². The van der Waals surface area contributed by atoms with Gasteiger partial charge in [0, 0.05) is 56.3 Å². The number of Topliss-reactive ketones (excluding diaryl/α,β-unsaturated/α-hetero) is 3. The van der Waals surface area contributed by atoms with E-state index in [0.29, 0.717) is 6.42 Å². The number of carboxylic acid groups (broad SMARTS) is 4. The van der Waals surface area contributed by atoms with Gasteiger partial charge in [-0.05, 0) is 39.0 Å². The molecule has 0 saturated heterocycles. The Bertz CT molecular complexity index is 1060. The minimum atomic E-state index is -1.42. The molecule has 5 unspecified atom stereocenters. The zero-order valence-corrected chi connectivity index (χ0v) is 24.6. The van der Waals surface area contributed by atoms with E-state index in [1.807, 2.05) is 0 Å². The summed E-state index contributed by atoms with van der Waals surface area (Å²) < 4.78 is 0. The summed E-state index contributed by atoms with van der Waals surface area (Å²) in [5.74, 6) is -9.88. The highest BCUT2D eigenvalue weighted by molar-refractivity contribution is 5.92. The first-order valence-corrected chi connectivity index (χ1v) is 14.0. The summed E-state index contributed by atoms with van der Waals surface area (Å²) in [5, 5.41) is 40.2. The second-order valence-electron chi connectivity index (χ2n) is 10.5. The van der Waals surface area contributed by atoms with E-state index in [0.717, 1.165) is 0 Å². The third-order valence-electron chi connectivity index (χ3n) is 7.03. The van der Waals surface area contributed by atoms with Crippen LogP contribution in [0.4, 0.5) is 0 Å². The van der Waals surface area contributed by atoms with Crippen LogP contribution in [0.15, 0.2) is 0 Å². The highest BCUT2D eigenvalue weighted by atomic mass is 16.4.